The van der Waals surface area contributed by atoms with E-state index in [1.54, 1.807) is 18.5 Å². The van der Waals surface area contributed by atoms with Crippen LogP contribution in [0.25, 0.3) is 11.0 Å². The number of pyridine rings is 1. The first-order valence-corrected chi connectivity index (χ1v) is 4.74. The Morgan fingerprint density at radius 3 is 3.00 bits per heavy atom. The molecule has 2 N–H and O–H groups in total. The zero-order chi connectivity index (χ0) is 10.1. The van der Waals surface area contributed by atoms with Gasteiger partial charge in [-0.25, -0.2) is 9.67 Å². The minimum Gasteiger partial charge on any atom is -0.398 e. The van der Waals surface area contributed by atoms with Gasteiger partial charge in [-0.1, -0.05) is 13.8 Å². The van der Waals surface area contributed by atoms with Crippen molar-refractivity contribution in [3.63, 3.8) is 0 Å². The molecule has 4 nitrogen and oxygen atoms in total. The lowest BCUT2D eigenvalue weighted by atomic mass is 10.2. The van der Waals surface area contributed by atoms with Crippen molar-refractivity contribution in [2.45, 2.75) is 20.4 Å². The first-order chi connectivity index (χ1) is 6.68. The lowest BCUT2D eigenvalue weighted by molar-refractivity contribution is 0.492. The third kappa shape index (κ3) is 1.43. The molecule has 74 valence electrons. The minimum absolute atomic E-state index is 0.557. The number of aromatic nitrogens is 3. The molecule has 0 amide bonds. The summed E-state index contributed by atoms with van der Waals surface area (Å²) in [7, 11) is 0. The van der Waals surface area contributed by atoms with Crippen LogP contribution in [0.3, 0.4) is 0 Å². The van der Waals surface area contributed by atoms with Crippen molar-refractivity contribution in [3.05, 3.63) is 18.5 Å². The highest BCUT2D eigenvalue weighted by atomic mass is 15.3. The van der Waals surface area contributed by atoms with Crippen LogP contribution in [0, 0.1) is 5.92 Å². The molecule has 0 unspecified atom stereocenters. The van der Waals surface area contributed by atoms with Crippen LogP contribution in [0.1, 0.15) is 13.8 Å². The number of hydrogen-bond donors (Lipinski definition) is 1. The fraction of sp³-hybridized carbons (Fsp3) is 0.400. The molecule has 14 heavy (non-hydrogen) atoms. The number of nitrogen functional groups attached to an aromatic ring is 1. The van der Waals surface area contributed by atoms with Gasteiger partial charge in [-0.2, -0.15) is 5.10 Å². The van der Waals surface area contributed by atoms with Gasteiger partial charge in [0.25, 0.3) is 0 Å². The third-order valence-corrected chi connectivity index (χ3v) is 2.11. The summed E-state index contributed by atoms with van der Waals surface area (Å²) >= 11 is 0. The predicted octanol–water partition coefficient (Wildman–Crippen LogP) is 1.67. The Labute approximate surface area is 82.7 Å². The molecule has 0 aliphatic heterocycles. The number of nitrogens with two attached hydrogens (primary N) is 1. The second-order valence-electron chi connectivity index (χ2n) is 3.86. The van der Waals surface area contributed by atoms with Gasteiger partial charge in [0.2, 0.25) is 0 Å². The molecule has 0 aromatic carbocycles. The highest BCUT2D eigenvalue weighted by Gasteiger charge is 2.06. The average molecular weight is 190 g/mol. The van der Waals surface area contributed by atoms with Crippen molar-refractivity contribution >= 4 is 16.7 Å². The standard InChI is InChI=1S/C10H14N4/c1-7(2)6-14-10-8(5-13-14)9(11)3-4-12-10/h3-5,7H,6H2,1-2H3,(H2,11,12). The predicted molar refractivity (Wildman–Crippen MR) is 56.8 cm³/mol. The van der Waals surface area contributed by atoms with E-state index < -0.39 is 0 Å². The van der Waals surface area contributed by atoms with Gasteiger partial charge in [0.1, 0.15) is 0 Å². The molecule has 0 spiro atoms. The Morgan fingerprint density at radius 2 is 2.29 bits per heavy atom. The third-order valence-electron chi connectivity index (χ3n) is 2.11. The van der Waals surface area contributed by atoms with E-state index in [4.69, 9.17) is 5.73 Å². The van der Waals surface area contributed by atoms with Crippen LogP contribution in [-0.4, -0.2) is 14.8 Å². The van der Waals surface area contributed by atoms with E-state index in [9.17, 15) is 0 Å². The van der Waals surface area contributed by atoms with Crippen LogP contribution in [0.4, 0.5) is 5.69 Å². The molecule has 0 saturated heterocycles. The van der Waals surface area contributed by atoms with E-state index in [2.05, 4.69) is 23.9 Å². The Morgan fingerprint density at radius 1 is 1.50 bits per heavy atom. The summed E-state index contributed by atoms with van der Waals surface area (Å²) in [6.45, 7) is 5.18. The van der Waals surface area contributed by atoms with Gasteiger partial charge < -0.3 is 5.73 Å². The zero-order valence-electron chi connectivity index (χ0n) is 8.44. The Balaban J connectivity index is 2.52. The first-order valence-electron chi connectivity index (χ1n) is 4.74. The van der Waals surface area contributed by atoms with Gasteiger partial charge in [0.05, 0.1) is 11.6 Å². The molecule has 0 aliphatic carbocycles. The summed E-state index contributed by atoms with van der Waals surface area (Å²) in [5, 5.41) is 5.21. The van der Waals surface area contributed by atoms with Gasteiger partial charge in [-0.15, -0.1) is 0 Å². The van der Waals surface area contributed by atoms with E-state index in [1.807, 2.05) is 4.68 Å². The van der Waals surface area contributed by atoms with Crippen LogP contribution in [-0.2, 0) is 6.54 Å². The van der Waals surface area contributed by atoms with E-state index in [0.717, 1.165) is 23.3 Å². The molecule has 0 saturated carbocycles. The summed E-state index contributed by atoms with van der Waals surface area (Å²) in [6.07, 6.45) is 3.50. The Kier molecular flexibility index (Phi) is 2.11. The van der Waals surface area contributed by atoms with Crippen molar-refractivity contribution in [1.29, 1.82) is 0 Å². The molecule has 0 fully saturated rings. The van der Waals surface area contributed by atoms with Crippen LogP contribution >= 0.6 is 0 Å². The van der Waals surface area contributed by atoms with E-state index in [1.165, 1.54) is 0 Å². The lowest BCUT2D eigenvalue weighted by Gasteiger charge is -2.05. The number of fused-ring (bicyclic) bond motifs is 1. The maximum atomic E-state index is 5.81. The van der Waals surface area contributed by atoms with Gasteiger partial charge >= 0.3 is 0 Å². The minimum atomic E-state index is 0.557. The second-order valence-corrected chi connectivity index (χ2v) is 3.86. The van der Waals surface area contributed by atoms with Crippen LogP contribution < -0.4 is 5.73 Å². The van der Waals surface area contributed by atoms with E-state index in [0.29, 0.717) is 5.92 Å². The van der Waals surface area contributed by atoms with E-state index >= 15 is 0 Å². The largest absolute Gasteiger partial charge is 0.398 e. The highest BCUT2D eigenvalue weighted by molar-refractivity contribution is 5.86. The van der Waals surface area contributed by atoms with Crippen LogP contribution in [0.2, 0.25) is 0 Å². The molecule has 0 aliphatic rings. The number of rotatable bonds is 2. The lowest BCUT2D eigenvalue weighted by Crippen LogP contribution is -2.06. The van der Waals surface area contributed by atoms with Crippen molar-refractivity contribution in [3.8, 4) is 0 Å². The van der Waals surface area contributed by atoms with Crippen molar-refractivity contribution in [1.82, 2.24) is 14.8 Å². The second kappa shape index (κ2) is 3.29. The molecular formula is C10H14N4. The Hall–Kier alpha value is -1.58. The van der Waals surface area contributed by atoms with Crippen molar-refractivity contribution in [2.24, 2.45) is 5.92 Å². The van der Waals surface area contributed by atoms with E-state index in [-0.39, 0.29) is 0 Å². The zero-order valence-corrected chi connectivity index (χ0v) is 8.44. The van der Waals surface area contributed by atoms with Gasteiger partial charge in [-0.3, -0.25) is 0 Å². The molecule has 0 bridgehead atoms. The van der Waals surface area contributed by atoms with Gasteiger partial charge in [-0.05, 0) is 12.0 Å². The maximum Gasteiger partial charge on any atom is 0.159 e. The molecule has 2 aromatic rings. The first kappa shape index (κ1) is 8.99. The number of anilines is 1. The van der Waals surface area contributed by atoms with Gasteiger partial charge in [0.15, 0.2) is 5.65 Å². The smallest absolute Gasteiger partial charge is 0.159 e. The topological polar surface area (TPSA) is 56.7 Å². The van der Waals surface area contributed by atoms with Crippen LogP contribution in [0.15, 0.2) is 18.5 Å². The summed E-state index contributed by atoms with van der Waals surface area (Å²) in [5.74, 6) is 0.557. The average Bonchev–Trinajstić information content (AvgIpc) is 2.49. The molecule has 2 aromatic heterocycles. The summed E-state index contributed by atoms with van der Waals surface area (Å²) in [5.41, 5.74) is 7.42. The van der Waals surface area contributed by atoms with Gasteiger partial charge in [0, 0.05) is 18.4 Å². The molecular weight excluding hydrogens is 176 g/mol. The molecule has 0 atom stereocenters. The Bertz CT molecular complexity index is 444. The summed E-state index contributed by atoms with van der Waals surface area (Å²) < 4.78 is 1.90. The monoisotopic (exact) mass is 190 g/mol. The highest BCUT2D eigenvalue weighted by Crippen LogP contribution is 2.18. The normalized spacial score (nSPS) is 11.4. The number of hydrogen-bond acceptors (Lipinski definition) is 3. The quantitative estimate of drug-likeness (QED) is 0.783. The SMILES string of the molecule is CC(C)Cn1ncc2c(N)ccnc21. The van der Waals surface area contributed by atoms with Crippen molar-refractivity contribution in [2.75, 3.05) is 5.73 Å². The van der Waals surface area contributed by atoms with Crippen LogP contribution in [0.5, 0.6) is 0 Å². The molecule has 2 heterocycles. The molecule has 0 radical (unpaired) electrons. The molecule has 2 rings (SSSR count). The molecule has 4 heteroatoms. The maximum absolute atomic E-state index is 5.81. The fourth-order valence-corrected chi connectivity index (χ4v) is 1.48. The summed E-state index contributed by atoms with van der Waals surface area (Å²) in [6, 6.07) is 1.80. The van der Waals surface area contributed by atoms with Crippen molar-refractivity contribution < 1.29 is 0 Å². The summed E-state index contributed by atoms with van der Waals surface area (Å²) in [4.78, 5) is 4.28. The number of nitrogens with zero attached hydrogens (tertiary/aromatic N) is 3. The fourth-order valence-electron chi connectivity index (χ4n) is 1.48.